The van der Waals surface area contributed by atoms with Crippen LogP contribution < -0.4 is 4.57 Å². The maximum atomic E-state index is 11.8. The van der Waals surface area contributed by atoms with Gasteiger partial charge in [0.05, 0.1) is 5.39 Å². The highest BCUT2D eigenvalue weighted by Gasteiger charge is 2.28. The number of rotatable bonds is 2. The lowest BCUT2D eigenvalue weighted by Gasteiger charge is -2.04. The van der Waals surface area contributed by atoms with E-state index in [0.29, 0.717) is 11.1 Å². The van der Waals surface area contributed by atoms with Gasteiger partial charge in [-0.25, -0.2) is 0 Å². The largest absolute Gasteiger partial charge is 0.356 e. The smallest absolute Gasteiger partial charge is 0.277 e. The van der Waals surface area contributed by atoms with Crippen LogP contribution in [0.1, 0.15) is 0 Å². The first-order chi connectivity index (χ1) is 9.57. The van der Waals surface area contributed by atoms with Crippen LogP contribution in [0.4, 0.5) is 0 Å². The zero-order chi connectivity index (χ0) is 14.2. The van der Waals surface area contributed by atoms with Gasteiger partial charge in [-0.05, 0) is 11.5 Å². The molecule has 0 radical (unpaired) electrons. The molecule has 5 heteroatoms. The molecule has 0 fully saturated rings. The van der Waals surface area contributed by atoms with Crippen molar-refractivity contribution < 1.29 is 17.5 Å². The Hall–Kier alpha value is -2.24. The van der Waals surface area contributed by atoms with Gasteiger partial charge in [0.25, 0.3) is 0 Å². The Balaban J connectivity index is 2.45. The van der Waals surface area contributed by atoms with Crippen molar-refractivity contribution in [2.45, 2.75) is 5.03 Å². The van der Waals surface area contributed by atoms with Crippen molar-refractivity contribution in [1.29, 1.82) is 0 Å². The molecule has 0 aliphatic carbocycles. The van der Waals surface area contributed by atoms with E-state index < -0.39 is 10.1 Å². The van der Waals surface area contributed by atoms with Crippen molar-refractivity contribution in [2.24, 2.45) is 0 Å². The normalized spacial score (nSPS) is 11.7. The number of hydrogen-bond donors (Lipinski definition) is 1. The molecule has 0 amide bonds. The zero-order valence-corrected chi connectivity index (χ0v) is 11.3. The van der Waals surface area contributed by atoms with E-state index in [2.05, 4.69) is 0 Å². The maximum Gasteiger partial charge on any atom is 0.356 e. The van der Waals surface area contributed by atoms with Gasteiger partial charge in [-0.15, -0.1) is 4.57 Å². The first-order valence-electron chi connectivity index (χ1n) is 6.04. The molecule has 20 heavy (non-hydrogen) atoms. The summed E-state index contributed by atoms with van der Waals surface area (Å²) in [5.74, 6) is 0. The van der Waals surface area contributed by atoms with Gasteiger partial charge >= 0.3 is 15.1 Å². The highest BCUT2D eigenvalue weighted by atomic mass is 32.2. The van der Waals surface area contributed by atoms with E-state index in [1.54, 1.807) is 36.5 Å². The minimum atomic E-state index is -4.35. The van der Waals surface area contributed by atoms with Crippen molar-refractivity contribution in [3.05, 3.63) is 66.9 Å². The SMILES string of the molecule is O=S(=O)(O)c1c2ccccc2cc[n+]1-c1ccccc1. The third-order valence-corrected chi connectivity index (χ3v) is 4.00. The Bertz CT molecular complexity index is 874. The van der Waals surface area contributed by atoms with E-state index >= 15 is 0 Å². The molecule has 0 saturated carbocycles. The van der Waals surface area contributed by atoms with E-state index in [1.165, 1.54) is 4.57 Å². The molecule has 0 aliphatic heterocycles. The van der Waals surface area contributed by atoms with Gasteiger partial charge < -0.3 is 0 Å². The van der Waals surface area contributed by atoms with E-state index in [4.69, 9.17) is 0 Å². The first kappa shape index (κ1) is 12.8. The third-order valence-electron chi connectivity index (χ3n) is 3.09. The van der Waals surface area contributed by atoms with Crippen molar-refractivity contribution in [3.63, 3.8) is 0 Å². The van der Waals surface area contributed by atoms with Crippen LogP contribution in [0.3, 0.4) is 0 Å². The molecule has 3 aromatic rings. The summed E-state index contributed by atoms with van der Waals surface area (Å²) < 4.78 is 34.6. The molecule has 1 aromatic heterocycles. The predicted octanol–water partition coefficient (Wildman–Crippen LogP) is 2.36. The highest BCUT2D eigenvalue weighted by Crippen LogP contribution is 2.20. The van der Waals surface area contributed by atoms with Crippen LogP contribution in [-0.2, 0) is 10.1 Å². The molecular formula is C15H12NO3S+. The molecule has 2 aromatic carbocycles. The van der Waals surface area contributed by atoms with Gasteiger partial charge in [0.1, 0.15) is 0 Å². The van der Waals surface area contributed by atoms with Crippen LogP contribution in [0.2, 0.25) is 0 Å². The summed E-state index contributed by atoms with van der Waals surface area (Å²) in [4.78, 5) is 0. The van der Waals surface area contributed by atoms with Gasteiger partial charge in [-0.1, -0.05) is 36.4 Å². The lowest BCUT2D eigenvalue weighted by molar-refractivity contribution is -0.635. The number of pyridine rings is 1. The summed E-state index contributed by atoms with van der Waals surface area (Å²) >= 11 is 0. The van der Waals surface area contributed by atoms with Crippen LogP contribution in [0.5, 0.6) is 0 Å². The topological polar surface area (TPSA) is 58.3 Å². The number of nitrogens with zero attached hydrogens (tertiary/aromatic N) is 1. The van der Waals surface area contributed by atoms with Crippen LogP contribution in [-0.4, -0.2) is 13.0 Å². The van der Waals surface area contributed by atoms with Crippen LogP contribution >= 0.6 is 0 Å². The minimum Gasteiger partial charge on any atom is -0.277 e. The summed E-state index contributed by atoms with van der Waals surface area (Å²) in [5, 5.41) is 1.12. The number of benzene rings is 2. The van der Waals surface area contributed by atoms with Crippen molar-refractivity contribution in [3.8, 4) is 5.69 Å². The molecule has 4 nitrogen and oxygen atoms in total. The Morgan fingerprint density at radius 3 is 2.20 bits per heavy atom. The second kappa shape index (κ2) is 4.70. The Kier molecular flexibility index (Phi) is 3.00. The van der Waals surface area contributed by atoms with Gasteiger partial charge in [0.2, 0.25) is 5.69 Å². The second-order valence-corrected chi connectivity index (χ2v) is 5.73. The molecular weight excluding hydrogens is 274 g/mol. The lowest BCUT2D eigenvalue weighted by Crippen LogP contribution is -2.37. The summed E-state index contributed by atoms with van der Waals surface area (Å²) in [5.41, 5.74) is 0.672. The van der Waals surface area contributed by atoms with E-state index in [9.17, 15) is 13.0 Å². The Morgan fingerprint density at radius 2 is 1.50 bits per heavy atom. The number of aromatic nitrogens is 1. The summed E-state index contributed by atoms with van der Waals surface area (Å²) in [6.45, 7) is 0. The van der Waals surface area contributed by atoms with Crippen molar-refractivity contribution >= 4 is 20.9 Å². The van der Waals surface area contributed by atoms with Gasteiger partial charge in [-0.3, -0.25) is 4.55 Å². The van der Waals surface area contributed by atoms with Gasteiger partial charge in [0.15, 0.2) is 6.20 Å². The molecule has 1 heterocycles. The van der Waals surface area contributed by atoms with E-state index in [1.807, 2.05) is 30.3 Å². The van der Waals surface area contributed by atoms with Crippen molar-refractivity contribution in [2.75, 3.05) is 0 Å². The summed E-state index contributed by atoms with van der Waals surface area (Å²) in [6.07, 6.45) is 1.64. The fourth-order valence-corrected chi connectivity index (χ4v) is 3.12. The molecule has 0 aliphatic rings. The van der Waals surface area contributed by atoms with E-state index in [0.717, 1.165) is 5.39 Å². The molecule has 1 N–H and O–H groups in total. The number of fused-ring (bicyclic) bond motifs is 1. The molecule has 0 spiro atoms. The molecule has 0 unspecified atom stereocenters. The summed E-state index contributed by atoms with van der Waals surface area (Å²) in [6, 6.07) is 17.9. The van der Waals surface area contributed by atoms with E-state index in [-0.39, 0.29) is 5.03 Å². The molecule has 100 valence electrons. The fourth-order valence-electron chi connectivity index (χ4n) is 2.24. The van der Waals surface area contributed by atoms with Gasteiger partial charge in [-0.2, -0.15) is 8.42 Å². The Morgan fingerprint density at radius 1 is 0.850 bits per heavy atom. The lowest BCUT2D eigenvalue weighted by atomic mass is 10.2. The standard InChI is InChI=1S/C15H11NO3S/c17-20(18,19)15-14-9-5-4-6-12(14)10-11-16(15)13-7-2-1-3-8-13/h1-11H/p+1. The monoisotopic (exact) mass is 286 g/mol. The maximum absolute atomic E-state index is 11.8. The molecule has 0 bridgehead atoms. The van der Waals surface area contributed by atoms with Crippen LogP contribution in [0.25, 0.3) is 16.5 Å². The zero-order valence-electron chi connectivity index (χ0n) is 10.5. The third kappa shape index (κ3) is 2.17. The molecule has 3 rings (SSSR count). The Labute approximate surface area is 116 Å². The first-order valence-corrected chi connectivity index (χ1v) is 7.48. The average Bonchev–Trinajstić information content (AvgIpc) is 2.46. The van der Waals surface area contributed by atoms with Crippen LogP contribution in [0, 0.1) is 0 Å². The average molecular weight is 286 g/mol. The van der Waals surface area contributed by atoms with Crippen LogP contribution in [0.15, 0.2) is 71.9 Å². The number of hydrogen-bond acceptors (Lipinski definition) is 2. The summed E-state index contributed by atoms with van der Waals surface area (Å²) in [7, 11) is -4.35. The number of para-hydroxylation sites is 1. The highest BCUT2D eigenvalue weighted by molar-refractivity contribution is 7.85. The fraction of sp³-hybridized carbons (Fsp3) is 0. The molecule has 0 saturated heterocycles. The second-order valence-electron chi connectivity index (χ2n) is 4.39. The van der Waals surface area contributed by atoms with Gasteiger partial charge in [0, 0.05) is 18.2 Å². The predicted molar refractivity (Wildman–Crippen MR) is 75.3 cm³/mol. The minimum absolute atomic E-state index is 0.123. The van der Waals surface area contributed by atoms with Crippen molar-refractivity contribution in [1.82, 2.24) is 0 Å². The quantitative estimate of drug-likeness (QED) is 0.581. The molecule has 0 atom stereocenters.